The van der Waals surface area contributed by atoms with Crippen LogP contribution in [0.25, 0.3) is 0 Å². The van der Waals surface area contributed by atoms with Crippen molar-refractivity contribution in [3.05, 3.63) is 58.9 Å². The maximum absolute atomic E-state index is 14.1. The Morgan fingerprint density at radius 2 is 1.68 bits per heavy atom. The van der Waals surface area contributed by atoms with Crippen LogP contribution in [0.4, 0.5) is 15.8 Å². The number of nitrogens with zero attached hydrogens (tertiary/aromatic N) is 1. The summed E-state index contributed by atoms with van der Waals surface area (Å²) in [6.45, 7) is 4.08. The average Bonchev–Trinajstić information content (AvgIpc) is 2.36. The van der Waals surface area contributed by atoms with Gasteiger partial charge in [-0.25, -0.2) is 4.39 Å². The van der Waals surface area contributed by atoms with Gasteiger partial charge < -0.3 is 4.90 Å². The van der Waals surface area contributed by atoms with Gasteiger partial charge in [-0.3, -0.25) is 0 Å². The molecule has 0 atom stereocenters. The Kier molecular flexibility index (Phi) is 4.11. The van der Waals surface area contributed by atoms with Crippen LogP contribution in [0.3, 0.4) is 0 Å². The topological polar surface area (TPSA) is 3.24 Å². The van der Waals surface area contributed by atoms with E-state index in [0.717, 1.165) is 11.3 Å². The molecule has 0 bridgehead atoms. The fourth-order valence-corrected chi connectivity index (χ4v) is 2.36. The predicted molar refractivity (Wildman–Crippen MR) is 79.9 cm³/mol. The van der Waals surface area contributed by atoms with Crippen LogP contribution in [0.1, 0.15) is 16.7 Å². The summed E-state index contributed by atoms with van der Waals surface area (Å²) in [6.07, 6.45) is 0. The largest absolute Gasteiger partial charge is 0.342 e. The molecule has 2 aromatic carbocycles. The molecular formula is C16H17ClFN. The van der Waals surface area contributed by atoms with Gasteiger partial charge in [-0.1, -0.05) is 12.1 Å². The molecule has 2 rings (SSSR count). The van der Waals surface area contributed by atoms with Crippen molar-refractivity contribution >= 4 is 23.0 Å². The molecule has 2 aromatic rings. The van der Waals surface area contributed by atoms with Crippen LogP contribution in [0, 0.1) is 19.7 Å². The van der Waals surface area contributed by atoms with Crippen molar-refractivity contribution in [3.8, 4) is 0 Å². The average molecular weight is 278 g/mol. The third kappa shape index (κ3) is 3.07. The summed E-state index contributed by atoms with van der Waals surface area (Å²) < 4.78 is 14.1. The lowest BCUT2D eigenvalue weighted by Gasteiger charge is -2.21. The molecule has 0 aromatic heterocycles. The maximum atomic E-state index is 14.1. The maximum Gasteiger partial charge on any atom is 0.147 e. The minimum atomic E-state index is -0.250. The lowest BCUT2D eigenvalue weighted by atomic mass is 10.1. The third-order valence-electron chi connectivity index (χ3n) is 3.12. The SMILES string of the molecule is Cc1cc(C)cc(N(C)c2ccc(CCl)cc2F)c1. The Labute approximate surface area is 118 Å². The highest BCUT2D eigenvalue weighted by Gasteiger charge is 2.10. The zero-order valence-corrected chi connectivity index (χ0v) is 12.1. The van der Waals surface area contributed by atoms with E-state index >= 15 is 0 Å². The van der Waals surface area contributed by atoms with Crippen LogP contribution < -0.4 is 4.90 Å². The van der Waals surface area contributed by atoms with Gasteiger partial charge in [0.2, 0.25) is 0 Å². The van der Waals surface area contributed by atoms with Crippen LogP contribution >= 0.6 is 11.6 Å². The normalized spacial score (nSPS) is 10.6. The number of hydrogen-bond acceptors (Lipinski definition) is 1. The van der Waals surface area contributed by atoms with Gasteiger partial charge in [-0.15, -0.1) is 11.6 Å². The summed E-state index contributed by atoms with van der Waals surface area (Å²) in [5.41, 5.74) is 4.66. The number of benzene rings is 2. The molecule has 0 saturated heterocycles. The molecular weight excluding hydrogens is 261 g/mol. The van der Waals surface area contributed by atoms with Crippen LogP contribution in [0.5, 0.6) is 0 Å². The molecule has 100 valence electrons. The highest BCUT2D eigenvalue weighted by Crippen LogP contribution is 2.28. The highest BCUT2D eigenvalue weighted by molar-refractivity contribution is 6.17. The lowest BCUT2D eigenvalue weighted by molar-refractivity contribution is 0.626. The van der Waals surface area contributed by atoms with Gasteiger partial charge in [0.15, 0.2) is 0 Å². The molecule has 0 radical (unpaired) electrons. The predicted octanol–water partition coefficient (Wildman–Crippen LogP) is 4.95. The second-order valence-corrected chi connectivity index (χ2v) is 5.09. The van der Waals surface area contributed by atoms with E-state index in [2.05, 4.69) is 6.07 Å². The quantitative estimate of drug-likeness (QED) is 0.718. The minimum Gasteiger partial charge on any atom is -0.342 e. The number of rotatable bonds is 3. The fraction of sp³-hybridized carbons (Fsp3) is 0.250. The van der Waals surface area contributed by atoms with Gasteiger partial charge >= 0.3 is 0 Å². The van der Waals surface area contributed by atoms with Crippen LogP contribution in [-0.2, 0) is 5.88 Å². The summed E-state index contributed by atoms with van der Waals surface area (Å²) >= 11 is 5.71. The standard InChI is InChI=1S/C16H17ClFN/c1-11-6-12(2)8-14(7-11)19(3)16-5-4-13(10-17)9-15(16)18/h4-9H,10H2,1-3H3. The third-order valence-corrected chi connectivity index (χ3v) is 3.43. The van der Waals surface area contributed by atoms with Gasteiger partial charge in [-0.05, 0) is 54.8 Å². The van der Waals surface area contributed by atoms with Crippen LogP contribution in [0.15, 0.2) is 36.4 Å². The van der Waals surface area contributed by atoms with E-state index < -0.39 is 0 Å². The van der Waals surface area contributed by atoms with Gasteiger partial charge in [0.1, 0.15) is 5.82 Å². The van der Waals surface area contributed by atoms with Crippen molar-refractivity contribution < 1.29 is 4.39 Å². The summed E-state index contributed by atoms with van der Waals surface area (Å²) in [5, 5.41) is 0. The number of halogens is 2. The lowest BCUT2D eigenvalue weighted by Crippen LogP contribution is -2.11. The van der Waals surface area contributed by atoms with E-state index in [0.29, 0.717) is 11.6 Å². The molecule has 0 aliphatic rings. The van der Waals surface area contributed by atoms with Crippen molar-refractivity contribution in [1.82, 2.24) is 0 Å². The highest BCUT2D eigenvalue weighted by atomic mass is 35.5. The molecule has 19 heavy (non-hydrogen) atoms. The molecule has 0 N–H and O–H groups in total. The number of aryl methyl sites for hydroxylation is 2. The summed E-state index contributed by atoms with van der Waals surface area (Å²) in [5.74, 6) is 0.0737. The molecule has 0 aliphatic carbocycles. The second-order valence-electron chi connectivity index (χ2n) is 4.82. The Bertz CT molecular complexity index is 575. The van der Waals surface area contributed by atoms with E-state index in [9.17, 15) is 4.39 Å². The summed E-state index contributed by atoms with van der Waals surface area (Å²) in [7, 11) is 1.87. The Morgan fingerprint density at radius 1 is 1.05 bits per heavy atom. The van der Waals surface area contributed by atoms with E-state index in [4.69, 9.17) is 11.6 Å². The first kappa shape index (κ1) is 13.9. The molecule has 0 amide bonds. The first-order chi connectivity index (χ1) is 9.01. The zero-order chi connectivity index (χ0) is 14.0. The van der Waals surface area contributed by atoms with Crippen LogP contribution in [0.2, 0.25) is 0 Å². The van der Waals surface area contributed by atoms with Crippen LogP contribution in [-0.4, -0.2) is 7.05 Å². The fourth-order valence-electron chi connectivity index (χ4n) is 2.19. The van der Waals surface area contributed by atoms with Crippen molar-refractivity contribution in [2.75, 3.05) is 11.9 Å². The van der Waals surface area contributed by atoms with E-state index in [1.54, 1.807) is 6.07 Å². The van der Waals surface area contributed by atoms with E-state index in [1.165, 1.54) is 17.2 Å². The smallest absolute Gasteiger partial charge is 0.147 e. The first-order valence-electron chi connectivity index (χ1n) is 6.17. The van der Waals surface area contributed by atoms with Gasteiger partial charge in [-0.2, -0.15) is 0 Å². The van der Waals surface area contributed by atoms with E-state index in [1.807, 2.05) is 44.0 Å². The summed E-state index contributed by atoms with van der Waals surface area (Å²) in [4.78, 5) is 1.85. The van der Waals surface area contributed by atoms with Crippen molar-refractivity contribution in [1.29, 1.82) is 0 Å². The Balaban J connectivity index is 2.40. The first-order valence-corrected chi connectivity index (χ1v) is 6.71. The number of alkyl halides is 1. The Morgan fingerprint density at radius 3 is 2.21 bits per heavy atom. The summed E-state index contributed by atoms with van der Waals surface area (Å²) in [6, 6.07) is 11.3. The van der Waals surface area contributed by atoms with E-state index in [-0.39, 0.29) is 5.82 Å². The molecule has 0 spiro atoms. The van der Waals surface area contributed by atoms with Gasteiger partial charge in [0, 0.05) is 18.6 Å². The molecule has 0 heterocycles. The second kappa shape index (κ2) is 5.62. The molecule has 0 unspecified atom stereocenters. The van der Waals surface area contributed by atoms with Gasteiger partial charge in [0.05, 0.1) is 5.69 Å². The molecule has 0 aliphatic heterocycles. The molecule has 0 saturated carbocycles. The molecule has 0 fully saturated rings. The monoisotopic (exact) mass is 277 g/mol. The molecule has 3 heteroatoms. The molecule has 1 nitrogen and oxygen atoms in total. The van der Waals surface area contributed by atoms with Gasteiger partial charge in [0.25, 0.3) is 0 Å². The Hall–Kier alpha value is -1.54. The van der Waals surface area contributed by atoms with Crippen molar-refractivity contribution in [2.24, 2.45) is 0 Å². The van der Waals surface area contributed by atoms with Crippen molar-refractivity contribution in [3.63, 3.8) is 0 Å². The number of anilines is 2. The van der Waals surface area contributed by atoms with Crippen molar-refractivity contribution in [2.45, 2.75) is 19.7 Å². The number of hydrogen-bond donors (Lipinski definition) is 0. The minimum absolute atomic E-state index is 0.250. The zero-order valence-electron chi connectivity index (χ0n) is 11.4.